The fraction of sp³-hybridized carbons (Fsp3) is 0.724. The number of alkyl halides is 1. The van der Waals surface area contributed by atoms with Gasteiger partial charge in [-0.3, -0.25) is 9.59 Å². The van der Waals surface area contributed by atoms with Crippen molar-refractivity contribution in [3.8, 4) is 0 Å². The van der Waals surface area contributed by atoms with Gasteiger partial charge in [0.25, 0.3) is 5.09 Å². The second kappa shape index (κ2) is 13.0. The fourth-order valence-corrected chi connectivity index (χ4v) is 7.93. The summed E-state index contributed by atoms with van der Waals surface area (Å²) < 4.78 is 27.0. The third-order valence-corrected chi connectivity index (χ3v) is 10.3. The van der Waals surface area contributed by atoms with Crippen LogP contribution in [0.4, 0.5) is 14.0 Å². The van der Waals surface area contributed by atoms with Crippen molar-refractivity contribution >= 4 is 23.8 Å². The first-order valence-corrected chi connectivity index (χ1v) is 14.9. The zero-order valence-corrected chi connectivity index (χ0v) is 25.2. The number of carbonyl (C=O) groups excluding carboxylic acids is 4. The highest BCUT2D eigenvalue weighted by Gasteiger charge is 2.76. The molecule has 2 amide bonds. The van der Waals surface area contributed by atoms with Crippen molar-refractivity contribution in [2.24, 2.45) is 22.7 Å². The molecule has 4 aliphatic rings. The Labute approximate surface area is 258 Å². The van der Waals surface area contributed by atoms with Gasteiger partial charge in [-0.25, -0.2) is 14.0 Å². The van der Waals surface area contributed by atoms with Crippen molar-refractivity contribution in [2.45, 2.75) is 75.9 Å². The number of rotatable bonds is 12. The number of unbranched alkanes of at least 4 members (excludes halogenated alkanes) is 1. The molecule has 0 radical (unpaired) electrons. The number of halogens is 1. The summed E-state index contributed by atoms with van der Waals surface area (Å²) in [6.07, 6.45) is -0.0175. The predicted octanol–water partition coefficient (Wildman–Crippen LogP) is 1.07. The number of allylic oxidation sites excluding steroid dienone is 4. The molecule has 15 nitrogen and oxygen atoms in total. The summed E-state index contributed by atoms with van der Waals surface area (Å²) in [5.74, 6) is -2.80. The van der Waals surface area contributed by atoms with E-state index in [1.54, 1.807) is 6.92 Å². The maximum absolute atomic E-state index is 17.2. The molecule has 5 N–H and O–H groups in total. The Morgan fingerprint density at radius 1 is 1.07 bits per heavy atom. The van der Waals surface area contributed by atoms with Gasteiger partial charge in [-0.05, 0) is 63.5 Å². The highest BCUT2D eigenvalue weighted by molar-refractivity contribution is 6.01. The van der Waals surface area contributed by atoms with E-state index in [2.05, 4.69) is 15.5 Å². The Kier molecular flexibility index (Phi) is 9.90. The third-order valence-electron chi connectivity index (χ3n) is 10.3. The summed E-state index contributed by atoms with van der Waals surface area (Å²) in [6, 6.07) is 0. The van der Waals surface area contributed by atoms with Crippen LogP contribution >= 0.6 is 0 Å². The van der Waals surface area contributed by atoms with Crippen LogP contribution in [0.5, 0.6) is 0 Å². The molecule has 45 heavy (non-hydrogen) atoms. The number of hydrogen-bond acceptors (Lipinski definition) is 12. The molecule has 3 saturated carbocycles. The summed E-state index contributed by atoms with van der Waals surface area (Å²) >= 11 is 0. The second-order valence-electron chi connectivity index (χ2n) is 12.5. The number of amides is 2. The van der Waals surface area contributed by atoms with E-state index in [9.17, 15) is 44.6 Å². The van der Waals surface area contributed by atoms with Crippen molar-refractivity contribution in [3.05, 3.63) is 33.9 Å². The Bertz CT molecular complexity index is 1280. The average molecular weight is 642 g/mol. The van der Waals surface area contributed by atoms with Crippen molar-refractivity contribution < 1.29 is 58.3 Å². The minimum Gasteiger partial charge on any atom is -0.448 e. The normalized spacial score (nSPS) is 36.5. The van der Waals surface area contributed by atoms with E-state index in [1.807, 2.05) is 0 Å². The standard InChI is InChI=1S/C29H40FN3O12/c1-26-8-7-18(34)13-17(26)5-6-19-20-14-21(35)29(40,27(20,2)15-22(36)28(19,26)30)23(37)16-44-25(39)32-10-12-43-24(38)31-9-3-4-11-45-33(41)42/h7-8,13,19-22,35-36,40H,3-6,9-12,14-16H2,1-2H3,(H,31,38)(H,32,39)/t19?,20?,21-,22+,26+,27+,28+,29+/m1/s1. The quantitative estimate of drug-likeness (QED) is 0.115. The molecule has 0 aromatic carbocycles. The number of hydrogen-bond donors (Lipinski definition) is 5. The summed E-state index contributed by atoms with van der Waals surface area (Å²) in [5, 5.41) is 47.9. The summed E-state index contributed by atoms with van der Waals surface area (Å²) in [4.78, 5) is 63.4. The molecule has 0 aromatic rings. The van der Waals surface area contributed by atoms with Crippen LogP contribution in [0.2, 0.25) is 0 Å². The average Bonchev–Trinajstić information content (AvgIpc) is 3.18. The maximum atomic E-state index is 17.2. The highest BCUT2D eigenvalue weighted by Crippen LogP contribution is 2.69. The number of alkyl carbamates (subject to hydrolysis) is 2. The Hall–Kier alpha value is -3.63. The van der Waals surface area contributed by atoms with Gasteiger partial charge in [-0.2, -0.15) is 0 Å². The molecular formula is C29H40FN3O12. The van der Waals surface area contributed by atoms with E-state index in [0.29, 0.717) is 24.8 Å². The number of nitrogens with zero attached hydrogens (tertiary/aromatic N) is 1. The minimum atomic E-state index is -2.44. The molecule has 0 aliphatic heterocycles. The zero-order chi connectivity index (χ0) is 33.2. The van der Waals surface area contributed by atoms with Gasteiger partial charge in [0, 0.05) is 23.3 Å². The van der Waals surface area contributed by atoms with Crippen LogP contribution in [-0.4, -0.2) is 101 Å². The van der Waals surface area contributed by atoms with Crippen molar-refractivity contribution in [3.63, 3.8) is 0 Å². The van der Waals surface area contributed by atoms with E-state index in [4.69, 9.17) is 9.47 Å². The number of Topliss-reactive ketones (excluding diaryl/α,β-unsaturated/α-hetero) is 1. The van der Waals surface area contributed by atoms with Gasteiger partial charge in [0.05, 0.1) is 25.4 Å². The van der Waals surface area contributed by atoms with Crippen LogP contribution < -0.4 is 10.6 Å². The third kappa shape index (κ3) is 6.02. The molecule has 4 aliphatic carbocycles. The number of carbonyl (C=O) groups is 4. The molecule has 3 fully saturated rings. The summed E-state index contributed by atoms with van der Waals surface area (Å²) in [5.41, 5.74) is -6.80. The van der Waals surface area contributed by atoms with Crippen LogP contribution in [0.15, 0.2) is 23.8 Å². The number of nitrogens with one attached hydrogen (secondary N) is 2. The summed E-state index contributed by atoms with van der Waals surface area (Å²) in [6.45, 7) is 1.91. The largest absolute Gasteiger partial charge is 0.448 e. The van der Waals surface area contributed by atoms with Crippen LogP contribution in [0.25, 0.3) is 0 Å². The van der Waals surface area contributed by atoms with E-state index in [0.717, 1.165) is 0 Å². The number of ether oxygens (including phenoxy) is 2. The first-order chi connectivity index (χ1) is 21.1. The van der Waals surface area contributed by atoms with Crippen molar-refractivity contribution in [2.75, 3.05) is 32.9 Å². The summed E-state index contributed by atoms with van der Waals surface area (Å²) in [7, 11) is 0. The van der Waals surface area contributed by atoms with E-state index in [1.165, 1.54) is 25.2 Å². The van der Waals surface area contributed by atoms with Gasteiger partial charge < -0.3 is 40.3 Å². The second-order valence-corrected chi connectivity index (χ2v) is 12.5. The Balaban J connectivity index is 1.29. The van der Waals surface area contributed by atoms with E-state index < -0.39 is 75.8 Å². The molecule has 4 rings (SSSR count). The monoisotopic (exact) mass is 641 g/mol. The van der Waals surface area contributed by atoms with Gasteiger partial charge in [-0.15, -0.1) is 10.1 Å². The first-order valence-electron chi connectivity index (χ1n) is 14.9. The predicted molar refractivity (Wildman–Crippen MR) is 151 cm³/mol. The zero-order valence-electron chi connectivity index (χ0n) is 25.2. The van der Waals surface area contributed by atoms with E-state index in [-0.39, 0.29) is 51.3 Å². The smallest absolute Gasteiger partial charge is 0.407 e. The molecule has 0 heterocycles. The topological polar surface area (TPSA) is 224 Å². The number of aliphatic hydroxyl groups is 3. The molecule has 16 heteroatoms. The van der Waals surface area contributed by atoms with Crippen LogP contribution in [0.3, 0.4) is 0 Å². The number of ketones is 2. The van der Waals surface area contributed by atoms with Gasteiger partial charge in [0.1, 0.15) is 6.61 Å². The molecule has 0 spiro atoms. The van der Waals surface area contributed by atoms with Gasteiger partial charge in [0.2, 0.25) is 5.78 Å². The Morgan fingerprint density at radius 3 is 2.47 bits per heavy atom. The van der Waals surface area contributed by atoms with Crippen molar-refractivity contribution in [1.29, 1.82) is 0 Å². The van der Waals surface area contributed by atoms with Gasteiger partial charge in [-0.1, -0.05) is 18.6 Å². The number of aliphatic hydroxyl groups excluding tert-OH is 2. The maximum Gasteiger partial charge on any atom is 0.407 e. The molecule has 2 unspecified atom stereocenters. The SMILES string of the molecule is C[C@]12C=CC(=O)C=C1CCC1C3C[C@@H](O)[C@](O)(C(=O)COC(=O)NCCOC(=O)NCCCCO[N+](=O)[O-])[C@@]3(C)C[C@H](O)[C@@]12F. The highest BCUT2D eigenvalue weighted by atomic mass is 19.1. The van der Waals surface area contributed by atoms with Crippen LogP contribution in [0.1, 0.15) is 52.4 Å². The molecule has 250 valence electrons. The van der Waals surface area contributed by atoms with Crippen LogP contribution in [-0.2, 0) is 23.9 Å². The van der Waals surface area contributed by atoms with Gasteiger partial charge in [0.15, 0.2) is 23.7 Å². The Morgan fingerprint density at radius 2 is 1.76 bits per heavy atom. The lowest BCUT2D eigenvalue weighted by Crippen LogP contribution is -2.69. The number of fused-ring (bicyclic) bond motifs is 5. The lowest BCUT2D eigenvalue weighted by Gasteiger charge is -2.62. The van der Waals surface area contributed by atoms with Crippen LogP contribution in [0, 0.1) is 32.8 Å². The van der Waals surface area contributed by atoms with E-state index >= 15 is 4.39 Å². The molecule has 0 bridgehead atoms. The van der Waals surface area contributed by atoms with Crippen molar-refractivity contribution in [1.82, 2.24) is 10.6 Å². The molecule has 0 saturated heterocycles. The van der Waals surface area contributed by atoms with Gasteiger partial charge >= 0.3 is 12.2 Å². The molecule has 0 aromatic heterocycles. The lowest BCUT2D eigenvalue weighted by atomic mass is 9.44. The first kappa shape index (κ1) is 34.2. The molecular weight excluding hydrogens is 601 g/mol. The molecule has 8 atom stereocenters. The fourth-order valence-electron chi connectivity index (χ4n) is 7.93. The minimum absolute atomic E-state index is 0.102. The lowest BCUT2D eigenvalue weighted by molar-refractivity contribution is -0.757.